The molecule has 2 rings (SSSR count). The van der Waals surface area contributed by atoms with E-state index in [4.69, 9.17) is 11.6 Å². The molecule has 3 heteroatoms. The van der Waals surface area contributed by atoms with Gasteiger partial charge in [0.1, 0.15) is 0 Å². The summed E-state index contributed by atoms with van der Waals surface area (Å²) in [6.07, 6.45) is 0. The summed E-state index contributed by atoms with van der Waals surface area (Å²) in [6, 6.07) is 6.71. The van der Waals surface area contributed by atoms with E-state index in [0.29, 0.717) is 12.0 Å². The van der Waals surface area contributed by atoms with Crippen LogP contribution in [0.1, 0.15) is 19.4 Å². The number of halogens is 1. The molecule has 0 bridgehead atoms. The third-order valence-electron chi connectivity index (χ3n) is 3.44. The van der Waals surface area contributed by atoms with Gasteiger partial charge in [0.2, 0.25) is 0 Å². The highest BCUT2D eigenvalue weighted by Gasteiger charge is 2.21. The molecule has 1 aromatic carbocycles. The highest BCUT2D eigenvalue weighted by molar-refractivity contribution is 6.30. The van der Waals surface area contributed by atoms with E-state index >= 15 is 0 Å². The van der Waals surface area contributed by atoms with Crippen molar-refractivity contribution in [1.82, 2.24) is 5.32 Å². The molecule has 1 fully saturated rings. The molecule has 1 saturated heterocycles. The molecule has 0 amide bonds. The van der Waals surface area contributed by atoms with Crippen molar-refractivity contribution in [3.05, 3.63) is 28.8 Å². The Morgan fingerprint density at radius 3 is 2.76 bits per heavy atom. The van der Waals surface area contributed by atoms with Crippen molar-refractivity contribution >= 4 is 17.3 Å². The lowest BCUT2D eigenvalue weighted by Gasteiger charge is -2.32. The first kappa shape index (κ1) is 12.7. The Morgan fingerprint density at radius 1 is 1.29 bits per heavy atom. The Morgan fingerprint density at radius 2 is 2.06 bits per heavy atom. The Labute approximate surface area is 109 Å². The average Bonchev–Trinajstić information content (AvgIpc) is 2.41. The fraction of sp³-hybridized carbons (Fsp3) is 0.571. The summed E-state index contributed by atoms with van der Waals surface area (Å²) in [7, 11) is 0. The number of hydrogen-bond donors (Lipinski definition) is 1. The molecule has 0 radical (unpaired) electrons. The SMILES string of the molecule is Cc1cc(Cl)ccc1N1CC(C)CNCC1C. The maximum absolute atomic E-state index is 6.02. The summed E-state index contributed by atoms with van der Waals surface area (Å²) >= 11 is 6.02. The zero-order valence-electron chi connectivity index (χ0n) is 10.8. The van der Waals surface area contributed by atoms with Crippen molar-refractivity contribution < 1.29 is 0 Å². The summed E-state index contributed by atoms with van der Waals surface area (Å²) in [5.41, 5.74) is 2.58. The first-order valence-corrected chi connectivity index (χ1v) is 6.69. The lowest BCUT2D eigenvalue weighted by atomic mass is 10.1. The lowest BCUT2D eigenvalue weighted by molar-refractivity contribution is 0.563. The Kier molecular flexibility index (Phi) is 3.95. The largest absolute Gasteiger partial charge is 0.367 e. The molecule has 17 heavy (non-hydrogen) atoms. The van der Waals surface area contributed by atoms with Crippen LogP contribution in [0.15, 0.2) is 18.2 Å². The topological polar surface area (TPSA) is 15.3 Å². The zero-order chi connectivity index (χ0) is 12.4. The Bertz CT molecular complexity index is 392. The molecule has 0 aliphatic carbocycles. The van der Waals surface area contributed by atoms with Gasteiger partial charge in [-0.15, -0.1) is 0 Å². The minimum absolute atomic E-state index is 0.528. The summed E-state index contributed by atoms with van der Waals surface area (Å²) in [6.45, 7) is 9.97. The van der Waals surface area contributed by atoms with Gasteiger partial charge in [-0.1, -0.05) is 18.5 Å². The van der Waals surface area contributed by atoms with Gasteiger partial charge in [-0.2, -0.15) is 0 Å². The quantitative estimate of drug-likeness (QED) is 0.826. The second-order valence-electron chi connectivity index (χ2n) is 5.20. The van der Waals surface area contributed by atoms with Crippen molar-refractivity contribution in [3.63, 3.8) is 0 Å². The third-order valence-corrected chi connectivity index (χ3v) is 3.68. The predicted octanol–water partition coefficient (Wildman–Crippen LogP) is 3.08. The molecule has 0 spiro atoms. The van der Waals surface area contributed by atoms with Gasteiger partial charge < -0.3 is 10.2 Å². The van der Waals surface area contributed by atoms with Gasteiger partial charge >= 0.3 is 0 Å². The van der Waals surface area contributed by atoms with Gasteiger partial charge in [-0.05, 0) is 50.1 Å². The van der Waals surface area contributed by atoms with Crippen molar-refractivity contribution in [2.75, 3.05) is 24.5 Å². The fourth-order valence-corrected chi connectivity index (χ4v) is 2.73. The maximum atomic E-state index is 6.02. The average molecular weight is 253 g/mol. The molecule has 1 N–H and O–H groups in total. The number of anilines is 1. The standard InChI is InChI=1S/C14H21ClN2/c1-10-7-16-8-12(3)17(9-10)14-5-4-13(15)6-11(14)2/h4-6,10,12,16H,7-9H2,1-3H3. The van der Waals surface area contributed by atoms with Crippen LogP contribution in [0.25, 0.3) is 0 Å². The highest BCUT2D eigenvalue weighted by atomic mass is 35.5. The van der Waals surface area contributed by atoms with E-state index in [1.165, 1.54) is 11.3 Å². The monoisotopic (exact) mass is 252 g/mol. The van der Waals surface area contributed by atoms with Crippen LogP contribution in [0.2, 0.25) is 5.02 Å². The van der Waals surface area contributed by atoms with Gasteiger partial charge in [0, 0.05) is 29.8 Å². The van der Waals surface area contributed by atoms with E-state index in [0.717, 1.165) is 24.7 Å². The van der Waals surface area contributed by atoms with E-state index in [1.807, 2.05) is 12.1 Å². The summed E-state index contributed by atoms with van der Waals surface area (Å²) in [4.78, 5) is 2.50. The first-order valence-electron chi connectivity index (χ1n) is 6.31. The Hall–Kier alpha value is -0.730. The van der Waals surface area contributed by atoms with Crippen LogP contribution in [0.4, 0.5) is 5.69 Å². The van der Waals surface area contributed by atoms with E-state index < -0.39 is 0 Å². The van der Waals surface area contributed by atoms with Crippen LogP contribution in [-0.4, -0.2) is 25.7 Å². The van der Waals surface area contributed by atoms with Crippen molar-refractivity contribution in [1.29, 1.82) is 0 Å². The maximum Gasteiger partial charge on any atom is 0.0410 e. The van der Waals surface area contributed by atoms with E-state index in [2.05, 4.69) is 37.1 Å². The normalized spacial score (nSPS) is 25.8. The van der Waals surface area contributed by atoms with Gasteiger partial charge in [-0.3, -0.25) is 0 Å². The third kappa shape index (κ3) is 2.93. The second-order valence-corrected chi connectivity index (χ2v) is 5.63. The summed E-state index contributed by atoms with van der Waals surface area (Å²) < 4.78 is 0. The van der Waals surface area contributed by atoms with Crippen molar-refractivity contribution in [2.24, 2.45) is 5.92 Å². The zero-order valence-corrected chi connectivity index (χ0v) is 11.6. The molecule has 2 atom stereocenters. The number of benzene rings is 1. The van der Waals surface area contributed by atoms with Crippen molar-refractivity contribution in [3.8, 4) is 0 Å². The molecule has 2 unspecified atom stereocenters. The molecule has 1 aliphatic heterocycles. The van der Waals surface area contributed by atoms with Crippen LogP contribution >= 0.6 is 11.6 Å². The van der Waals surface area contributed by atoms with Gasteiger partial charge in [-0.25, -0.2) is 0 Å². The smallest absolute Gasteiger partial charge is 0.0410 e. The molecular weight excluding hydrogens is 232 g/mol. The molecule has 1 aliphatic rings. The van der Waals surface area contributed by atoms with Gasteiger partial charge in [0.15, 0.2) is 0 Å². The number of hydrogen-bond acceptors (Lipinski definition) is 2. The lowest BCUT2D eigenvalue weighted by Crippen LogP contribution is -2.38. The van der Waals surface area contributed by atoms with Crippen LogP contribution in [0, 0.1) is 12.8 Å². The molecule has 94 valence electrons. The molecule has 1 aromatic rings. The molecule has 0 saturated carbocycles. The fourth-order valence-electron chi connectivity index (χ4n) is 2.51. The second kappa shape index (κ2) is 5.28. The number of nitrogens with one attached hydrogen (secondary N) is 1. The predicted molar refractivity (Wildman–Crippen MR) is 75.0 cm³/mol. The molecular formula is C14H21ClN2. The minimum Gasteiger partial charge on any atom is -0.367 e. The summed E-state index contributed by atoms with van der Waals surface area (Å²) in [5.74, 6) is 0.676. The van der Waals surface area contributed by atoms with E-state index in [9.17, 15) is 0 Å². The van der Waals surface area contributed by atoms with Crippen LogP contribution in [0.3, 0.4) is 0 Å². The number of nitrogens with zero attached hydrogens (tertiary/aromatic N) is 1. The van der Waals surface area contributed by atoms with Gasteiger partial charge in [0.05, 0.1) is 0 Å². The molecule has 0 aromatic heterocycles. The van der Waals surface area contributed by atoms with Crippen molar-refractivity contribution in [2.45, 2.75) is 26.8 Å². The van der Waals surface area contributed by atoms with Crippen LogP contribution in [0.5, 0.6) is 0 Å². The molecule has 1 heterocycles. The minimum atomic E-state index is 0.528. The van der Waals surface area contributed by atoms with Gasteiger partial charge in [0.25, 0.3) is 0 Å². The highest BCUT2D eigenvalue weighted by Crippen LogP contribution is 2.26. The van der Waals surface area contributed by atoms with Crippen LogP contribution < -0.4 is 10.2 Å². The summed E-state index contributed by atoms with van der Waals surface area (Å²) in [5, 5.41) is 4.33. The Balaban J connectivity index is 2.29. The number of rotatable bonds is 1. The number of aryl methyl sites for hydroxylation is 1. The molecule has 2 nitrogen and oxygen atoms in total. The van der Waals surface area contributed by atoms with E-state index in [1.54, 1.807) is 0 Å². The van der Waals surface area contributed by atoms with Crippen LogP contribution in [-0.2, 0) is 0 Å². The first-order chi connectivity index (χ1) is 8.08. The van der Waals surface area contributed by atoms with E-state index in [-0.39, 0.29) is 0 Å².